The Hall–Kier alpha value is -2.87. The number of nitrogens with zero attached hydrogens (tertiary/aromatic N) is 1. The third kappa shape index (κ3) is 5.07. The summed E-state index contributed by atoms with van der Waals surface area (Å²) in [6.45, 7) is 6.20. The van der Waals surface area contributed by atoms with E-state index in [0.29, 0.717) is 11.6 Å². The van der Waals surface area contributed by atoms with E-state index in [1.165, 1.54) is 17.8 Å². The largest absolute Gasteiger partial charge is 0.506 e. The van der Waals surface area contributed by atoms with Crippen LogP contribution in [0.3, 0.4) is 0 Å². The van der Waals surface area contributed by atoms with Gasteiger partial charge in [-0.15, -0.1) is 0 Å². The number of nitrogens with one attached hydrogen (secondary N) is 3. The number of aromatic nitrogens is 1. The Labute approximate surface area is 161 Å². The van der Waals surface area contributed by atoms with E-state index in [0.717, 1.165) is 10.7 Å². The Morgan fingerprint density at radius 2 is 2.11 bits per heavy atom. The number of para-hydroxylation sites is 2. The highest BCUT2D eigenvalue weighted by Gasteiger charge is 2.20. The van der Waals surface area contributed by atoms with Gasteiger partial charge in [0.15, 0.2) is 5.50 Å². The predicted octanol–water partition coefficient (Wildman–Crippen LogP) is 3.97. The number of allylic oxidation sites excluding steroid dienone is 1. The van der Waals surface area contributed by atoms with Crippen LogP contribution in [0.4, 0.5) is 10.5 Å². The second-order valence-electron chi connectivity index (χ2n) is 6.97. The number of rotatable bonds is 4. The number of oxazole rings is 1. The van der Waals surface area contributed by atoms with E-state index in [1.807, 2.05) is 6.08 Å². The molecular weight excluding hydrogens is 364 g/mol. The molecule has 0 aliphatic carbocycles. The molecule has 0 radical (unpaired) electrons. The SMILES string of the molecule is CC(C)(C)c1cnc(/C=C/C2=CNC(NC(=O)Nc3ccccc3O)S2)o1. The average Bonchev–Trinajstić information content (AvgIpc) is 3.24. The van der Waals surface area contributed by atoms with Crippen molar-refractivity contribution < 1.29 is 14.3 Å². The van der Waals surface area contributed by atoms with Crippen LogP contribution in [0.1, 0.15) is 32.4 Å². The highest BCUT2D eigenvalue weighted by Crippen LogP contribution is 2.27. The molecule has 0 spiro atoms. The van der Waals surface area contributed by atoms with Gasteiger partial charge in [0.1, 0.15) is 11.5 Å². The molecule has 7 nitrogen and oxygen atoms in total. The number of phenolic OH excluding ortho intramolecular Hbond substituents is 1. The number of phenols is 1. The van der Waals surface area contributed by atoms with E-state index in [1.54, 1.807) is 36.7 Å². The first-order valence-electron chi connectivity index (χ1n) is 8.44. The van der Waals surface area contributed by atoms with E-state index in [-0.39, 0.29) is 16.7 Å². The molecule has 3 rings (SSSR count). The molecule has 1 aliphatic rings. The fourth-order valence-corrected chi connectivity index (χ4v) is 3.10. The van der Waals surface area contributed by atoms with Gasteiger partial charge in [-0.05, 0) is 18.2 Å². The van der Waals surface area contributed by atoms with Crippen LogP contribution in [0.25, 0.3) is 6.08 Å². The summed E-state index contributed by atoms with van der Waals surface area (Å²) >= 11 is 1.44. The van der Waals surface area contributed by atoms with E-state index in [9.17, 15) is 9.90 Å². The van der Waals surface area contributed by atoms with Gasteiger partial charge in [0.2, 0.25) is 5.89 Å². The van der Waals surface area contributed by atoms with Gasteiger partial charge in [0.25, 0.3) is 0 Å². The summed E-state index contributed by atoms with van der Waals surface area (Å²) in [4.78, 5) is 17.2. The monoisotopic (exact) mass is 386 g/mol. The molecule has 1 aromatic carbocycles. The summed E-state index contributed by atoms with van der Waals surface area (Å²) in [6.07, 6.45) is 7.21. The maximum atomic E-state index is 12.1. The van der Waals surface area contributed by atoms with Gasteiger partial charge in [0, 0.05) is 22.6 Å². The van der Waals surface area contributed by atoms with E-state index in [4.69, 9.17) is 4.42 Å². The molecule has 8 heteroatoms. The number of anilines is 1. The van der Waals surface area contributed by atoms with Crippen molar-refractivity contribution in [2.45, 2.75) is 31.7 Å². The molecule has 4 N–H and O–H groups in total. The molecule has 142 valence electrons. The molecule has 1 aromatic heterocycles. The Bertz CT molecular complexity index is 883. The molecule has 1 atom stereocenters. The second kappa shape index (κ2) is 7.79. The van der Waals surface area contributed by atoms with Crippen LogP contribution in [0.2, 0.25) is 0 Å². The van der Waals surface area contributed by atoms with Gasteiger partial charge < -0.3 is 25.5 Å². The van der Waals surface area contributed by atoms with Crippen LogP contribution < -0.4 is 16.0 Å². The average molecular weight is 386 g/mol. The number of hydrogen-bond acceptors (Lipinski definition) is 6. The minimum atomic E-state index is -0.414. The molecular formula is C19H22N4O3S. The maximum absolute atomic E-state index is 12.1. The molecule has 1 unspecified atom stereocenters. The van der Waals surface area contributed by atoms with Crippen LogP contribution in [0, 0.1) is 0 Å². The van der Waals surface area contributed by atoms with Crippen molar-refractivity contribution >= 4 is 29.6 Å². The molecule has 27 heavy (non-hydrogen) atoms. The lowest BCUT2D eigenvalue weighted by atomic mass is 9.94. The van der Waals surface area contributed by atoms with Gasteiger partial charge >= 0.3 is 6.03 Å². The lowest BCUT2D eigenvalue weighted by Crippen LogP contribution is -2.41. The van der Waals surface area contributed by atoms with Crippen molar-refractivity contribution in [3.8, 4) is 5.75 Å². The molecule has 2 aromatic rings. The molecule has 1 aliphatic heterocycles. The number of carbonyl (C=O) groups is 1. The van der Waals surface area contributed by atoms with Crippen LogP contribution in [-0.2, 0) is 5.41 Å². The smallest absolute Gasteiger partial charge is 0.321 e. The molecule has 0 saturated carbocycles. The molecule has 0 saturated heterocycles. The van der Waals surface area contributed by atoms with Gasteiger partial charge in [0.05, 0.1) is 11.9 Å². The number of amides is 2. The Morgan fingerprint density at radius 1 is 1.33 bits per heavy atom. The summed E-state index contributed by atoms with van der Waals surface area (Å²) in [7, 11) is 0. The second-order valence-corrected chi connectivity index (χ2v) is 8.15. The van der Waals surface area contributed by atoms with Crippen LogP contribution in [-0.4, -0.2) is 21.6 Å². The maximum Gasteiger partial charge on any atom is 0.321 e. The predicted molar refractivity (Wildman–Crippen MR) is 107 cm³/mol. The van der Waals surface area contributed by atoms with Crippen molar-refractivity contribution in [1.82, 2.24) is 15.6 Å². The quantitative estimate of drug-likeness (QED) is 0.593. The molecule has 0 fully saturated rings. The first-order valence-corrected chi connectivity index (χ1v) is 9.32. The van der Waals surface area contributed by atoms with Crippen molar-refractivity contribution in [3.05, 3.63) is 59.3 Å². The number of benzene rings is 1. The molecule has 2 heterocycles. The summed E-state index contributed by atoms with van der Waals surface area (Å²) in [5.74, 6) is 1.38. The first-order chi connectivity index (χ1) is 12.8. The van der Waals surface area contributed by atoms with Crippen LogP contribution >= 0.6 is 11.8 Å². The van der Waals surface area contributed by atoms with Crippen molar-refractivity contribution in [2.75, 3.05) is 5.32 Å². The van der Waals surface area contributed by atoms with Crippen LogP contribution in [0.15, 0.2) is 52.1 Å². The summed E-state index contributed by atoms with van der Waals surface area (Å²) in [6, 6.07) is 6.14. The molecule has 0 bridgehead atoms. The lowest BCUT2D eigenvalue weighted by Gasteiger charge is -2.14. The third-order valence-corrected chi connectivity index (χ3v) is 4.71. The number of aromatic hydroxyl groups is 1. The summed E-state index contributed by atoms with van der Waals surface area (Å²) < 4.78 is 5.72. The van der Waals surface area contributed by atoms with Crippen molar-refractivity contribution in [3.63, 3.8) is 0 Å². The topological polar surface area (TPSA) is 99.4 Å². The molecule has 2 amide bonds. The van der Waals surface area contributed by atoms with Gasteiger partial charge in [-0.2, -0.15) is 0 Å². The normalized spacial score (nSPS) is 16.9. The highest BCUT2D eigenvalue weighted by atomic mass is 32.2. The van der Waals surface area contributed by atoms with Gasteiger partial charge in [-0.3, -0.25) is 0 Å². The first kappa shape index (κ1) is 18.9. The van der Waals surface area contributed by atoms with Gasteiger partial charge in [-0.1, -0.05) is 44.7 Å². The standard InChI is InChI=1S/C19H22N4O3S/c1-19(2,3)15-11-20-16(26-15)9-8-12-10-21-18(27-12)23-17(25)22-13-6-4-5-7-14(13)24/h4-11,18,21,24H,1-3H3,(H2,22,23,25)/b9-8+. The minimum Gasteiger partial charge on any atom is -0.506 e. The zero-order chi connectivity index (χ0) is 19.4. The summed E-state index contributed by atoms with van der Waals surface area (Å²) in [5, 5.41) is 18.1. The number of thioether (sulfide) groups is 1. The Balaban J connectivity index is 1.50. The van der Waals surface area contributed by atoms with E-state index < -0.39 is 6.03 Å². The minimum absolute atomic E-state index is 0.0157. The van der Waals surface area contributed by atoms with Crippen molar-refractivity contribution in [2.24, 2.45) is 0 Å². The zero-order valence-electron chi connectivity index (χ0n) is 15.3. The Morgan fingerprint density at radius 3 is 2.81 bits per heavy atom. The summed E-state index contributed by atoms with van der Waals surface area (Å²) in [5.41, 5.74) is -0.0489. The van der Waals surface area contributed by atoms with Crippen molar-refractivity contribution in [1.29, 1.82) is 0 Å². The Kier molecular flexibility index (Phi) is 5.46. The number of carbonyl (C=O) groups excluding carboxylic acids is 1. The fourth-order valence-electron chi connectivity index (χ4n) is 2.24. The van der Waals surface area contributed by atoms with E-state index in [2.05, 4.69) is 41.7 Å². The highest BCUT2D eigenvalue weighted by molar-refractivity contribution is 8.04. The lowest BCUT2D eigenvalue weighted by molar-refractivity contribution is 0.251. The third-order valence-electron chi connectivity index (χ3n) is 3.70. The van der Waals surface area contributed by atoms with E-state index >= 15 is 0 Å². The van der Waals surface area contributed by atoms with Gasteiger partial charge in [-0.25, -0.2) is 9.78 Å². The fraction of sp³-hybridized carbons (Fsp3) is 0.263. The van der Waals surface area contributed by atoms with Crippen LogP contribution in [0.5, 0.6) is 5.75 Å². The number of hydrogen-bond donors (Lipinski definition) is 4. The zero-order valence-corrected chi connectivity index (χ0v) is 16.1. The number of urea groups is 1.